The summed E-state index contributed by atoms with van der Waals surface area (Å²) >= 11 is 0. The zero-order valence-electron chi connectivity index (χ0n) is 34.7. The van der Waals surface area contributed by atoms with Crippen molar-refractivity contribution in [2.45, 2.75) is 38.5 Å². The summed E-state index contributed by atoms with van der Waals surface area (Å²) in [4.78, 5) is 15.8. The van der Waals surface area contributed by atoms with Crippen LogP contribution in [0.15, 0.2) is 182 Å². The van der Waals surface area contributed by atoms with Gasteiger partial charge in [0, 0.05) is 50.9 Å². The lowest BCUT2D eigenvalue weighted by molar-refractivity contribution is 0.879. The number of hydrogen-bond donors (Lipinski definition) is 0. The largest absolute Gasteiger partial charge is 0.299 e. The van der Waals surface area contributed by atoms with E-state index in [-0.39, 0.29) is 0 Å². The summed E-state index contributed by atoms with van der Waals surface area (Å²) in [5.74, 6) is 0. The van der Waals surface area contributed by atoms with E-state index in [1.54, 1.807) is 0 Å². The Hall–Kier alpha value is -7.83. The van der Waals surface area contributed by atoms with Gasteiger partial charge in [-0.2, -0.15) is 0 Å². The van der Waals surface area contributed by atoms with Crippen LogP contribution in [0.1, 0.15) is 33.8 Å². The number of rotatable bonds is 9. The molecule has 0 aliphatic heterocycles. The Bertz CT molecular complexity index is 3300. The van der Waals surface area contributed by atoms with Crippen molar-refractivity contribution < 1.29 is 0 Å². The maximum atomic E-state index is 5.27. The third-order valence-corrected chi connectivity index (χ3v) is 13.3. The molecule has 300 valence electrons. The van der Waals surface area contributed by atoms with Crippen LogP contribution in [0.4, 0.5) is 0 Å². The molecule has 7 aromatic carbocycles. The van der Waals surface area contributed by atoms with Gasteiger partial charge in [-0.25, -0.2) is 15.0 Å². The van der Waals surface area contributed by atoms with E-state index in [1.165, 1.54) is 81.7 Å². The van der Waals surface area contributed by atoms with Gasteiger partial charge in [-0.15, -0.1) is 0 Å². The van der Waals surface area contributed by atoms with Crippen molar-refractivity contribution in [1.82, 2.24) is 28.2 Å². The zero-order chi connectivity index (χ0) is 41.4. The first kappa shape index (κ1) is 35.9. The molecule has 6 heteroatoms. The van der Waals surface area contributed by atoms with Gasteiger partial charge in [0.25, 0.3) is 0 Å². The molecule has 0 fully saturated rings. The fourth-order valence-corrected chi connectivity index (χ4v) is 10.3. The van der Waals surface area contributed by atoms with E-state index < -0.39 is 0 Å². The summed E-state index contributed by atoms with van der Waals surface area (Å²) in [7, 11) is 0. The van der Waals surface area contributed by atoms with Crippen molar-refractivity contribution in [2.75, 3.05) is 0 Å². The third kappa shape index (κ3) is 5.97. The average Bonchev–Trinajstić information content (AvgIpc) is 4.11. The second-order valence-corrected chi connectivity index (χ2v) is 17.1. The molecular formula is C57H42N6. The number of fused-ring (bicyclic) bond motifs is 18. The Morgan fingerprint density at radius 1 is 0.270 bits per heavy atom. The predicted octanol–water partition coefficient (Wildman–Crippen LogP) is 12.9. The Morgan fingerprint density at radius 3 is 0.825 bits per heavy atom. The van der Waals surface area contributed by atoms with Crippen LogP contribution in [0.5, 0.6) is 0 Å². The normalized spacial score (nSPS) is 12.2. The van der Waals surface area contributed by atoms with Gasteiger partial charge in [0.05, 0.1) is 33.6 Å². The maximum Gasteiger partial charge on any atom is 0.145 e. The van der Waals surface area contributed by atoms with E-state index in [2.05, 4.69) is 196 Å². The fraction of sp³-hybridized carbons (Fsp3) is 0.105. The number of imidazole rings is 3. The molecule has 6 aromatic heterocycles. The molecule has 0 radical (unpaired) electrons. The topological polar surface area (TPSA) is 51.9 Å². The molecule has 6 heterocycles. The van der Waals surface area contributed by atoms with Crippen molar-refractivity contribution in [1.29, 1.82) is 0 Å². The molecule has 13 aromatic rings. The van der Waals surface area contributed by atoms with Crippen LogP contribution in [0.3, 0.4) is 0 Å². The number of aryl methyl sites for hydroxylation is 6. The third-order valence-electron chi connectivity index (χ3n) is 13.3. The first-order valence-corrected chi connectivity index (χ1v) is 22.1. The molecule has 0 aliphatic carbocycles. The van der Waals surface area contributed by atoms with Crippen LogP contribution in [-0.4, -0.2) is 28.2 Å². The molecule has 0 saturated carbocycles. The predicted molar refractivity (Wildman–Crippen MR) is 259 cm³/mol. The highest BCUT2D eigenvalue weighted by atomic mass is 15.0. The first-order valence-electron chi connectivity index (χ1n) is 22.1. The first-order chi connectivity index (χ1) is 31.2. The average molecular weight is 811 g/mol. The molecular weight excluding hydrogens is 769 g/mol. The Labute approximate surface area is 363 Å². The van der Waals surface area contributed by atoms with E-state index >= 15 is 0 Å². The summed E-state index contributed by atoms with van der Waals surface area (Å²) in [6.45, 7) is 0. The van der Waals surface area contributed by atoms with Gasteiger partial charge in [0.1, 0.15) is 16.9 Å². The Kier molecular flexibility index (Phi) is 8.19. The molecule has 0 saturated heterocycles. The fourth-order valence-electron chi connectivity index (χ4n) is 10.3. The monoisotopic (exact) mass is 810 g/mol. The lowest BCUT2D eigenvalue weighted by Gasteiger charge is -2.10. The van der Waals surface area contributed by atoms with Gasteiger partial charge in [0.15, 0.2) is 0 Å². The minimum absolute atomic E-state index is 0.854. The highest BCUT2D eigenvalue weighted by Crippen LogP contribution is 2.33. The minimum atomic E-state index is 0.854. The van der Waals surface area contributed by atoms with Crippen LogP contribution in [0, 0.1) is 0 Å². The summed E-state index contributed by atoms with van der Waals surface area (Å²) < 4.78 is 6.87. The molecule has 0 N–H and O–H groups in total. The van der Waals surface area contributed by atoms with E-state index in [4.69, 9.17) is 15.0 Å². The molecule has 0 bridgehead atoms. The Morgan fingerprint density at radius 2 is 0.524 bits per heavy atom. The molecule has 0 amide bonds. The van der Waals surface area contributed by atoms with Crippen molar-refractivity contribution in [3.8, 4) is 0 Å². The smallest absolute Gasteiger partial charge is 0.145 e. The van der Waals surface area contributed by atoms with Crippen LogP contribution < -0.4 is 0 Å². The molecule has 0 unspecified atom stereocenters. The van der Waals surface area contributed by atoms with Crippen LogP contribution in [0.2, 0.25) is 0 Å². The number of nitrogens with zero attached hydrogens (tertiary/aromatic N) is 6. The van der Waals surface area contributed by atoms with Crippen molar-refractivity contribution in [3.63, 3.8) is 0 Å². The maximum absolute atomic E-state index is 5.27. The lowest BCUT2D eigenvalue weighted by Crippen LogP contribution is -2.00. The highest BCUT2D eigenvalue weighted by Gasteiger charge is 2.16. The van der Waals surface area contributed by atoms with Crippen LogP contribution >= 0.6 is 0 Å². The van der Waals surface area contributed by atoms with Crippen LogP contribution in [0.25, 0.3) is 82.0 Å². The molecule has 0 atom stereocenters. The van der Waals surface area contributed by atoms with Crippen molar-refractivity contribution in [3.05, 3.63) is 216 Å². The second-order valence-electron chi connectivity index (χ2n) is 17.1. The van der Waals surface area contributed by atoms with Gasteiger partial charge in [-0.05, 0) is 89.6 Å². The van der Waals surface area contributed by atoms with E-state index in [0.717, 1.165) is 72.5 Å². The van der Waals surface area contributed by atoms with Crippen molar-refractivity contribution >= 4 is 82.0 Å². The number of benzene rings is 7. The number of para-hydroxylation sites is 3. The summed E-state index contributed by atoms with van der Waals surface area (Å²) in [6.07, 6.45) is 12.0. The van der Waals surface area contributed by atoms with E-state index in [1.807, 2.05) is 0 Å². The molecule has 0 aliphatic rings. The molecule has 6 nitrogen and oxygen atoms in total. The van der Waals surface area contributed by atoms with Gasteiger partial charge >= 0.3 is 0 Å². The van der Waals surface area contributed by atoms with E-state index in [9.17, 15) is 0 Å². The van der Waals surface area contributed by atoms with Crippen LogP contribution in [-0.2, 0) is 38.5 Å². The molecule has 0 spiro atoms. The standard InChI is InChI=1S/C57H42N6/c1-4-19-49-43(13-1)46-16-7-10-22-52(46)61-34-40(58-55(49)61)28-25-37-31-38(26-29-41-35-62-53-23-11-8-17-47(53)44-14-2-5-20-50(44)56(62)59-41)33-39(32-37)27-30-42-36-63-54-24-12-9-18-48(54)45-15-3-6-21-51(45)57(63)60-42/h1-24,31-36H,25-30H2. The van der Waals surface area contributed by atoms with Gasteiger partial charge in [0.2, 0.25) is 0 Å². The quantitative estimate of drug-likeness (QED) is 0.136. The summed E-state index contributed by atoms with van der Waals surface area (Å²) in [5, 5.41) is 11.0. The van der Waals surface area contributed by atoms with Crippen molar-refractivity contribution in [2.24, 2.45) is 0 Å². The number of hydrogen-bond acceptors (Lipinski definition) is 3. The number of aromatic nitrogens is 6. The second kappa shape index (κ2) is 14.4. The SMILES string of the molecule is c1ccc2c(c1)c1ccccc1n1cc(CCc3cc(CCc4cn5c6ccccc6c6ccccc6c5n4)cc(CCc4cn5c6ccccc6c6ccccc6c5n4)c3)nc21. The Balaban J connectivity index is 0.847. The number of pyridine rings is 3. The van der Waals surface area contributed by atoms with Gasteiger partial charge in [-0.1, -0.05) is 146 Å². The summed E-state index contributed by atoms with van der Waals surface area (Å²) in [6, 6.07) is 59.3. The lowest BCUT2D eigenvalue weighted by atomic mass is 9.96. The van der Waals surface area contributed by atoms with Gasteiger partial charge < -0.3 is 0 Å². The summed E-state index contributed by atoms with van der Waals surface area (Å²) in [5.41, 5.74) is 14.0. The minimum Gasteiger partial charge on any atom is -0.299 e. The van der Waals surface area contributed by atoms with Gasteiger partial charge in [-0.3, -0.25) is 13.2 Å². The zero-order valence-corrected chi connectivity index (χ0v) is 34.7. The highest BCUT2D eigenvalue weighted by molar-refractivity contribution is 6.13. The molecule has 13 rings (SSSR count). The molecule has 63 heavy (non-hydrogen) atoms. The van der Waals surface area contributed by atoms with E-state index in [0.29, 0.717) is 0 Å².